The zero-order valence-electron chi connectivity index (χ0n) is 15.7. The van der Waals surface area contributed by atoms with Crippen molar-refractivity contribution in [3.8, 4) is 0 Å². The number of aromatic amines is 1. The number of rotatable bonds is 6. The van der Waals surface area contributed by atoms with Crippen LogP contribution in [0.15, 0.2) is 53.7 Å². The molecule has 1 aliphatic heterocycles. The largest absolute Gasteiger partial charge is 0.331 e. The van der Waals surface area contributed by atoms with Crippen molar-refractivity contribution in [1.82, 2.24) is 14.9 Å². The van der Waals surface area contributed by atoms with Gasteiger partial charge in [0.05, 0.1) is 34.1 Å². The molecule has 1 saturated heterocycles. The normalized spacial score (nSPS) is 16.1. The highest BCUT2D eigenvalue weighted by molar-refractivity contribution is 7.84. The first-order valence-corrected chi connectivity index (χ1v) is 10.9. The minimum Gasteiger partial charge on any atom is -0.331 e. The van der Waals surface area contributed by atoms with E-state index in [1.165, 1.54) is 6.42 Å². The fourth-order valence-corrected chi connectivity index (χ4v) is 4.62. The van der Waals surface area contributed by atoms with Gasteiger partial charge in [0.25, 0.3) is 0 Å². The number of hydrogen-bond donors (Lipinski definition) is 2. The summed E-state index contributed by atoms with van der Waals surface area (Å²) in [5.74, 6) is 0.267. The average Bonchev–Trinajstić information content (AvgIpc) is 3.15. The maximum atomic E-state index is 12.8. The lowest BCUT2D eigenvalue weighted by Gasteiger charge is -2.25. The number of benzene rings is 2. The molecule has 1 aliphatic rings. The second-order valence-electron chi connectivity index (χ2n) is 7.09. The predicted molar refractivity (Wildman–Crippen MR) is 112 cm³/mol. The summed E-state index contributed by atoms with van der Waals surface area (Å²) in [6.07, 6.45) is 3.55. The highest BCUT2D eigenvalue weighted by atomic mass is 32.2. The summed E-state index contributed by atoms with van der Waals surface area (Å²) in [7, 11) is -1.33. The third-order valence-corrected chi connectivity index (χ3v) is 6.18. The van der Waals surface area contributed by atoms with Crippen LogP contribution in [0.5, 0.6) is 0 Å². The van der Waals surface area contributed by atoms with E-state index >= 15 is 0 Å². The lowest BCUT2D eigenvalue weighted by atomic mass is 10.1. The molecule has 0 unspecified atom stereocenters. The van der Waals surface area contributed by atoms with E-state index in [1.54, 1.807) is 0 Å². The Bertz CT molecular complexity index is 962. The molecule has 2 heterocycles. The maximum Gasteiger partial charge on any atom is 0.238 e. The monoisotopic (exact) mass is 396 g/mol. The number of H-pyrrole nitrogens is 1. The van der Waals surface area contributed by atoms with E-state index in [9.17, 15) is 9.00 Å². The Morgan fingerprint density at radius 3 is 2.64 bits per heavy atom. The van der Waals surface area contributed by atoms with Crippen LogP contribution in [0.2, 0.25) is 0 Å². The molecular weight excluding hydrogens is 372 g/mol. The molecule has 7 heteroatoms. The van der Waals surface area contributed by atoms with Gasteiger partial charge in [-0.1, -0.05) is 36.8 Å². The number of imidazole rings is 1. The number of para-hydroxylation sites is 3. The predicted octanol–water partition coefficient (Wildman–Crippen LogP) is 3.30. The Balaban J connectivity index is 1.44. The quantitative estimate of drug-likeness (QED) is 0.670. The topological polar surface area (TPSA) is 78.1 Å². The van der Waals surface area contributed by atoms with Crippen molar-refractivity contribution in [2.24, 2.45) is 0 Å². The van der Waals surface area contributed by atoms with Gasteiger partial charge in [0.15, 0.2) is 5.16 Å². The number of carbonyl (C=O) groups is 1. The van der Waals surface area contributed by atoms with E-state index in [0.29, 0.717) is 23.1 Å². The van der Waals surface area contributed by atoms with Crippen molar-refractivity contribution in [2.75, 3.05) is 25.0 Å². The van der Waals surface area contributed by atoms with Crippen molar-refractivity contribution in [3.63, 3.8) is 0 Å². The number of likely N-dealkylation sites (tertiary alicyclic amines) is 1. The number of aromatic nitrogens is 2. The third kappa shape index (κ3) is 4.48. The van der Waals surface area contributed by atoms with Gasteiger partial charge in [-0.05, 0) is 49.7 Å². The van der Waals surface area contributed by atoms with Gasteiger partial charge in [0, 0.05) is 5.69 Å². The van der Waals surface area contributed by atoms with Crippen LogP contribution in [0.4, 0.5) is 5.69 Å². The molecule has 0 spiro atoms. The molecule has 1 aromatic heterocycles. The van der Waals surface area contributed by atoms with Crippen LogP contribution in [0, 0.1) is 0 Å². The smallest absolute Gasteiger partial charge is 0.238 e. The first kappa shape index (κ1) is 18.8. The molecule has 0 aliphatic carbocycles. The Hall–Kier alpha value is -2.51. The molecule has 0 bridgehead atoms. The number of hydrogen-bond acceptors (Lipinski definition) is 4. The number of nitrogens with zero attached hydrogens (tertiary/aromatic N) is 2. The minimum atomic E-state index is -1.33. The second-order valence-corrected chi connectivity index (χ2v) is 8.46. The summed E-state index contributed by atoms with van der Waals surface area (Å²) < 4.78 is 12.8. The Morgan fingerprint density at radius 1 is 1.07 bits per heavy atom. The summed E-state index contributed by atoms with van der Waals surface area (Å²) >= 11 is 0. The second kappa shape index (κ2) is 8.67. The molecule has 4 rings (SSSR count). The van der Waals surface area contributed by atoms with Crippen molar-refractivity contribution in [2.45, 2.75) is 30.2 Å². The molecule has 6 nitrogen and oxygen atoms in total. The zero-order chi connectivity index (χ0) is 19.3. The van der Waals surface area contributed by atoms with Gasteiger partial charge in [-0.25, -0.2) is 4.98 Å². The van der Waals surface area contributed by atoms with Gasteiger partial charge in [0.2, 0.25) is 5.91 Å². The molecule has 0 saturated carbocycles. The van der Waals surface area contributed by atoms with Gasteiger partial charge in [-0.2, -0.15) is 0 Å². The zero-order valence-corrected chi connectivity index (χ0v) is 16.5. The molecule has 2 aromatic carbocycles. The number of anilines is 1. The van der Waals surface area contributed by atoms with Gasteiger partial charge in [-0.15, -0.1) is 0 Å². The van der Waals surface area contributed by atoms with Crippen LogP contribution in [-0.4, -0.2) is 44.6 Å². The fraction of sp³-hybridized carbons (Fsp3) is 0.333. The van der Waals surface area contributed by atoms with Crippen molar-refractivity contribution in [3.05, 3.63) is 54.1 Å². The molecular formula is C21H24N4O2S. The summed E-state index contributed by atoms with van der Waals surface area (Å²) in [4.78, 5) is 22.2. The van der Waals surface area contributed by atoms with Gasteiger partial charge >= 0.3 is 0 Å². The van der Waals surface area contributed by atoms with E-state index in [4.69, 9.17) is 0 Å². The summed E-state index contributed by atoms with van der Waals surface area (Å²) in [6, 6.07) is 15.2. The van der Waals surface area contributed by atoms with Crippen molar-refractivity contribution in [1.29, 1.82) is 0 Å². The first-order chi connectivity index (χ1) is 13.7. The molecule has 1 atom stereocenters. The highest BCUT2D eigenvalue weighted by Crippen LogP contribution is 2.21. The summed E-state index contributed by atoms with van der Waals surface area (Å²) in [5.41, 5.74) is 3.23. The van der Waals surface area contributed by atoms with Crippen LogP contribution in [-0.2, 0) is 21.3 Å². The van der Waals surface area contributed by atoms with Gasteiger partial charge in [-0.3, -0.25) is 13.9 Å². The SMILES string of the molecule is O=C(CN1CCCCC1)Nc1ccccc1C[S@@](=O)c1nc2ccccc2[nH]1. The Labute approximate surface area is 166 Å². The number of amides is 1. The van der Waals surface area contributed by atoms with Gasteiger partial charge in [0.1, 0.15) is 0 Å². The van der Waals surface area contributed by atoms with Crippen LogP contribution in [0.3, 0.4) is 0 Å². The van der Waals surface area contributed by atoms with E-state index in [0.717, 1.165) is 42.5 Å². The fourth-order valence-electron chi connectivity index (χ4n) is 3.53. The average molecular weight is 397 g/mol. The van der Waals surface area contributed by atoms with E-state index in [-0.39, 0.29) is 5.91 Å². The minimum absolute atomic E-state index is 0.0242. The number of fused-ring (bicyclic) bond motifs is 1. The molecule has 1 amide bonds. The number of carbonyl (C=O) groups excluding carboxylic acids is 1. The lowest BCUT2D eigenvalue weighted by Crippen LogP contribution is -2.37. The van der Waals surface area contributed by atoms with Crippen LogP contribution in [0.25, 0.3) is 11.0 Å². The Kier molecular flexibility index (Phi) is 5.83. The molecule has 28 heavy (non-hydrogen) atoms. The summed E-state index contributed by atoms with van der Waals surface area (Å²) in [5, 5.41) is 3.45. The number of nitrogens with one attached hydrogen (secondary N) is 2. The maximum absolute atomic E-state index is 12.8. The highest BCUT2D eigenvalue weighted by Gasteiger charge is 2.16. The van der Waals surface area contributed by atoms with Crippen LogP contribution < -0.4 is 5.32 Å². The molecule has 3 aromatic rings. The van der Waals surface area contributed by atoms with E-state index in [1.807, 2.05) is 48.5 Å². The number of piperidine rings is 1. The molecule has 1 fully saturated rings. The van der Waals surface area contributed by atoms with Crippen LogP contribution in [0.1, 0.15) is 24.8 Å². The first-order valence-electron chi connectivity index (χ1n) is 9.62. The Morgan fingerprint density at radius 2 is 1.82 bits per heavy atom. The van der Waals surface area contributed by atoms with Gasteiger partial charge < -0.3 is 10.3 Å². The molecule has 146 valence electrons. The van der Waals surface area contributed by atoms with E-state index in [2.05, 4.69) is 20.2 Å². The lowest BCUT2D eigenvalue weighted by molar-refractivity contribution is -0.117. The molecule has 0 radical (unpaired) electrons. The van der Waals surface area contributed by atoms with Crippen molar-refractivity contribution >= 4 is 33.4 Å². The van der Waals surface area contributed by atoms with Crippen molar-refractivity contribution < 1.29 is 9.00 Å². The standard InChI is InChI=1S/C21H24N4O2S/c26-20(14-25-12-6-1-7-13-25)22-17-9-3-2-8-16(17)15-28(27)21-23-18-10-4-5-11-19(18)24-21/h2-5,8-11H,1,6-7,12-15H2,(H,22,26)(H,23,24)/t28-/m1/s1. The molecule has 2 N–H and O–H groups in total. The summed E-state index contributed by atoms with van der Waals surface area (Å²) in [6.45, 7) is 2.36. The van der Waals surface area contributed by atoms with Crippen LogP contribution >= 0.6 is 0 Å². The third-order valence-electron chi connectivity index (χ3n) is 4.98. The van der Waals surface area contributed by atoms with E-state index < -0.39 is 10.8 Å².